The van der Waals surface area contributed by atoms with Crippen LogP contribution in [-0.4, -0.2) is 17.9 Å². The predicted octanol–water partition coefficient (Wildman–Crippen LogP) is 3.84. The molecule has 0 saturated heterocycles. The minimum Gasteiger partial charge on any atom is -0.463 e. The first kappa shape index (κ1) is 14.7. The number of carbonyl (C=O) groups excluding carboxylic acids is 1. The monoisotopic (exact) mass is 276 g/mol. The molecule has 0 radical (unpaired) electrons. The van der Waals surface area contributed by atoms with Gasteiger partial charge in [-0.05, 0) is 19.8 Å². The van der Waals surface area contributed by atoms with Gasteiger partial charge in [0.05, 0.1) is 6.61 Å². The Hall–Kier alpha value is -0.310. The molecule has 0 amide bonds. The number of esters is 1. The highest BCUT2D eigenvalue weighted by Crippen LogP contribution is 2.12. The molecule has 88 valence electrons. The lowest BCUT2D eigenvalue weighted by Gasteiger charge is -2.03. The lowest BCUT2D eigenvalue weighted by Crippen LogP contribution is -2.01. The highest BCUT2D eigenvalue weighted by Gasteiger charge is 2.01. The zero-order chi connectivity index (χ0) is 11.5. The van der Waals surface area contributed by atoms with Crippen molar-refractivity contribution in [2.24, 2.45) is 0 Å². The topological polar surface area (TPSA) is 26.3 Å². The van der Waals surface area contributed by atoms with E-state index in [4.69, 9.17) is 4.74 Å². The molecule has 0 aliphatic heterocycles. The van der Waals surface area contributed by atoms with E-state index in [2.05, 4.69) is 22.9 Å². The average molecular weight is 277 g/mol. The van der Waals surface area contributed by atoms with Crippen molar-refractivity contribution in [1.29, 1.82) is 0 Å². The quantitative estimate of drug-likeness (QED) is 0.291. The summed E-state index contributed by atoms with van der Waals surface area (Å²) in [6.45, 7) is 4.46. The zero-order valence-corrected chi connectivity index (χ0v) is 11.3. The van der Waals surface area contributed by atoms with Crippen LogP contribution in [0.25, 0.3) is 0 Å². The number of hydrogen-bond donors (Lipinski definition) is 0. The fraction of sp³-hybridized carbons (Fsp3) is 0.750. The third kappa shape index (κ3) is 8.67. The van der Waals surface area contributed by atoms with Gasteiger partial charge >= 0.3 is 5.97 Å². The molecule has 3 heteroatoms. The van der Waals surface area contributed by atoms with E-state index < -0.39 is 0 Å². The Morgan fingerprint density at radius 2 is 2.00 bits per heavy atom. The van der Waals surface area contributed by atoms with E-state index in [0.717, 1.165) is 23.7 Å². The summed E-state index contributed by atoms with van der Waals surface area (Å²) in [5.74, 6) is -0.220. The first-order chi connectivity index (χ1) is 7.24. The van der Waals surface area contributed by atoms with Crippen molar-refractivity contribution < 1.29 is 9.53 Å². The second kappa shape index (κ2) is 10.2. The van der Waals surface area contributed by atoms with Crippen LogP contribution in [0, 0.1) is 0 Å². The summed E-state index contributed by atoms with van der Waals surface area (Å²) in [6, 6.07) is 0. The van der Waals surface area contributed by atoms with Crippen LogP contribution in [0.3, 0.4) is 0 Å². The van der Waals surface area contributed by atoms with Crippen LogP contribution in [0.5, 0.6) is 0 Å². The summed E-state index contributed by atoms with van der Waals surface area (Å²) in [6.07, 6.45) is 7.52. The minimum atomic E-state index is -0.220. The second-order valence-electron chi connectivity index (χ2n) is 3.50. The SMILES string of the molecule is CCCCCC/C(=C/C(=O)OCC)CBr. The summed E-state index contributed by atoms with van der Waals surface area (Å²) >= 11 is 3.39. The van der Waals surface area contributed by atoms with Gasteiger partial charge in [-0.1, -0.05) is 47.7 Å². The van der Waals surface area contributed by atoms with E-state index >= 15 is 0 Å². The average Bonchev–Trinajstić information content (AvgIpc) is 2.23. The standard InChI is InChI=1S/C12H21BrO2/c1-3-5-6-7-8-11(10-13)9-12(14)15-4-2/h9H,3-8,10H2,1-2H3/b11-9-. The molecule has 0 aliphatic carbocycles. The van der Waals surface area contributed by atoms with Crippen LogP contribution in [-0.2, 0) is 9.53 Å². The van der Waals surface area contributed by atoms with Crippen LogP contribution in [0.4, 0.5) is 0 Å². The normalized spacial score (nSPS) is 11.5. The van der Waals surface area contributed by atoms with Gasteiger partial charge in [0.2, 0.25) is 0 Å². The molecule has 0 fully saturated rings. The van der Waals surface area contributed by atoms with E-state index in [1.165, 1.54) is 19.3 Å². The van der Waals surface area contributed by atoms with Crippen LogP contribution in [0.2, 0.25) is 0 Å². The molecule has 0 aromatic rings. The molecule has 0 aromatic carbocycles. The number of alkyl halides is 1. The van der Waals surface area contributed by atoms with E-state index in [1.54, 1.807) is 6.08 Å². The smallest absolute Gasteiger partial charge is 0.330 e. The van der Waals surface area contributed by atoms with Crippen molar-refractivity contribution in [2.45, 2.75) is 46.0 Å². The van der Waals surface area contributed by atoms with Gasteiger partial charge in [0.1, 0.15) is 0 Å². The van der Waals surface area contributed by atoms with Gasteiger partial charge in [-0.25, -0.2) is 4.79 Å². The van der Waals surface area contributed by atoms with E-state index in [-0.39, 0.29) is 5.97 Å². The van der Waals surface area contributed by atoms with E-state index in [9.17, 15) is 4.79 Å². The molecule has 0 rings (SSSR count). The lowest BCUT2D eigenvalue weighted by atomic mass is 10.1. The number of allylic oxidation sites excluding steroid dienone is 1. The van der Waals surface area contributed by atoms with Crippen LogP contribution < -0.4 is 0 Å². The van der Waals surface area contributed by atoms with Crippen molar-refractivity contribution in [3.05, 3.63) is 11.6 Å². The molecule has 0 N–H and O–H groups in total. The third-order valence-electron chi connectivity index (χ3n) is 2.13. The number of carbonyl (C=O) groups is 1. The maximum atomic E-state index is 11.2. The second-order valence-corrected chi connectivity index (χ2v) is 4.06. The summed E-state index contributed by atoms with van der Waals surface area (Å²) in [4.78, 5) is 11.2. The summed E-state index contributed by atoms with van der Waals surface area (Å²) in [7, 11) is 0. The molecule has 0 atom stereocenters. The molecule has 0 spiro atoms. The number of unbranched alkanes of at least 4 members (excludes halogenated alkanes) is 3. The van der Waals surface area contributed by atoms with Crippen molar-refractivity contribution >= 4 is 21.9 Å². The Bertz CT molecular complexity index is 200. The maximum Gasteiger partial charge on any atom is 0.330 e. The largest absolute Gasteiger partial charge is 0.463 e. The highest BCUT2D eigenvalue weighted by atomic mass is 79.9. The Morgan fingerprint density at radius 1 is 1.27 bits per heavy atom. The molecule has 0 aromatic heterocycles. The maximum absolute atomic E-state index is 11.2. The molecule has 0 bridgehead atoms. The first-order valence-electron chi connectivity index (χ1n) is 5.66. The van der Waals surface area contributed by atoms with Crippen molar-refractivity contribution in [3.8, 4) is 0 Å². The summed E-state index contributed by atoms with van der Waals surface area (Å²) < 4.78 is 4.87. The van der Waals surface area contributed by atoms with Gasteiger partial charge < -0.3 is 4.74 Å². The minimum absolute atomic E-state index is 0.220. The Morgan fingerprint density at radius 3 is 2.53 bits per heavy atom. The van der Waals surface area contributed by atoms with Crippen molar-refractivity contribution in [3.63, 3.8) is 0 Å². The summed E-state index contributed by atoms with van der Waals surface area (Å²) in [5.41, 5.74) is 1.13. The van der Waals surface area contributed by atoms with Crippen LogP contribution in [0.1, 0.15) is 46.0 Å². The number of ether oxygens (including phenoxy) is 1. The molecule has 0 heterocycles. The molecule has 0 saturated carbocycles. The van der Waals surface area contributed by atoms with Gasteiger partial charge in [-0.3, -0.25) is 0 Å². The number of halogens is 1. The van der Waals surface area contributed by atoms with Gasteiger partial charge in [0.25, 0.3) is 0 Å². The lowest BCUT2D eigenvalue weighted by molar-refractivity contribution is -0.137. The number of rotatable bonds is 8. The van der Waals surface area contributed by atoms with Crippen molar-refractivity contribution in [1.82, 2.24) is 0 Å². The Balaban J connectivity index is 3.84. The predicted molar refractivity (Wildman–Crippen MR) is 67.3 cm³/mol. The molecular weight excluding hydrogens is 256 g/mol. The van der Waals surface area contributed by atoms with Gasteiger partial charge in [-0.15, -0.1) is 0 Å². The van der Waals surface area contributed by atoms with Crippen molar-refractivity contribution in [2.75, 3.05) is 11.9 Å². The highest BCUT2D eigenvalue weighted by molar-refractivity contribution is 9.09. The van der Waals surface area contributed by atoms with Crippen LogP contribution >= 0.6 is 15.9 Å². The van der Waals surface area contributed by atoms with Gasteiger partial charge in [0, 0.05) is 11.4 Å². The Labute approximate surface area is 101 Å². The molecule has 2 nitrogen and oxygen atoms in total. The van der Waals surface area contributed by atoms with E-state index in [1.807, 2.05) is 6.92 Å². The van der Waals surface area contributed by atoms with Crippen LogP contribution in [0.15, 0.2) is 11.6 Å². The van der Waals surface area contributed by atoms with E-state index in [0.29, 0.717) is 6.61 Å². The summed E-state index contributed by atoms with van der Waals surface area (Å²) in [5, 5.41) is 0.762. The number of hydrogen-bond acceptors (Lipinski definition) is 2. The molecular formula is C12H21BrO2. The van der Waals surface area contributed by atoms with Gasteiger partial charge in [0.15, 0.2) is 0 Å². The third-order valence-corrected chi connectivity index (χ3v) is 2.85. The molecule has 15 heavy (non-hydrogen) atoms. The Kier molecular flexibility index (Phi) is 10.0. The fourth-order valence-corrected chi connectivity index (χ4v) is 1.75. The molecule has 0 unspecified atom stereocenters. The first-order valence-corrected chi connectivity index (χ1v) is 6.78. The van der Waals surface area contributed by atoms with Gasteiger partial charge in [-0.2, -0.15) is 0 Å². The zero-order valence-electron chi connectivity index (χ0n) is 9.72. The molecule has 0 aliphatic rings. The fourth-order valence-electron chi connectivity index (χ4n) is 1.31.